The summed E-state index contributed by atoms with van der Waals surface area (Å²) in [4.78, 5) is 28.5. The maximum absolute atomic E-state index is 12.4. The predicted molar refractivity (Wildman–Crippen MR) is 73.4 cm³/mol. The molecular weight excluding hydrogens is 270 g/mol. The van der Waals surface area contributed by atoms with E-state index in [-0.39, 0.29) is 5.91 Å². The van der Waals surface area contributed by atoms with Crippen LogP contribution in [0.2, 0.25) is 0 Å². The summed E-state index contributed by atoms with van der Waals surface area (Å²) in [6.07, 6.45) is 6.14. The largest absolute Gasteiger partial charge is 0.364 e. The maximum atomic E-state index is 12.4. The molecule has 112 valence electrons. The zero-order valence-electron chi connectivity index (χ0n) is 11.9. The van der Waals surface area contributed by atoms with E-state index in [1.807, 2.05) is 4.90 Å². The Morgan fingerprint density at radius 1 is 1.29 bits per heavy atom. The lowest BCUT2D eigenvalue weighted by molar-refractivity contribution is -0.141. The number of hydrogen-bond donors (Lipinski definition) is 0. The first kappa shape index (κ1) is 12.9. The molecule has 1 aliphatic carbocycles. The molecule has 1 aromatic heterocycles. The van der Waals surface area contributed by atoms with E-state index in [0.29, 0.717) is 42.6 Å². The van der Waals surface area contributed by atoms with E-state index in [4.69, 9.17) is 4.52 Å². The summed E-state index contributed by atoms with van der Waals surface area (Å²) in [6.45, 7) is 1.43. The minimum absolute atomic E-state index is 0.0583. The van der Waals surface area contributed by atoms with E-state index in [1.165, 1.54) is 6.26 Å². The molecular formula is C15H19N3O3. The molecule has 2 aliphatic heterocycles. The molecule has 0 N–H and O–H groups in total. The first-order valence-electron chi connectivity index (χ1n) is 7.75. The van der Waals surface area contributed by atoms with Gasteiger partial charge in [-0.15, -0.1) is 0 Å². The maximum Gasteiger partial charge on any atom is 0.276 e. The molecule has 2 saturated heterocycles. The molecule has 1 saturated carbocycles. The summed E-state index contributed by atoms with van der Waals surface area (Å²) in [5, 5.41) is 3.73. The molecule has 0 aromatic carbocycles. The molecule has 0 radical (unpaired) electrons. The van der Waals surface area contributed by atoms with Gasteiger partial charge in [-0.2, -0.15) is 0 Å². The Labute approximate surface area is 123 Å². The van der Waals surface area contributed by atoms with E-state index in [0.717, 1.165) is 32.2 Å². The van der Waals surface area contributed by atoms with Gasteiger partial charge in [0.2, 0.25) is 5.91 Å². The molecule has 3 fully saturated rings. The van der Waals surface area contributed by atoms with E-state index in [9.17, 15) is 9.59 Å². The molecule has 4 rings (SSSR count). The van der Waals surface area contributed by atoms with Crippen molar-refractivity contribution in [3.63, 3.8) is 0 Å². The summed E-state index contributed by atoms with van der Waals surface area (Å²) in [5.74, 6) is 0.667. The topological polar surface area (TPSA) is 66.7 Å². The van der Waals surface area contributed by atoms with Gasteiger partial charge in [0.1, 0.15) is 6.26 Å². The smallest absolute Gasteiger partial charge is 0.276 e. The average molecular weight is 289 g/mol. The predicted octanol–water partition coefficient (Wildman–Crippen LogP) is 1.29. The van der Waals surface area contributed by atoms with Gasteiger partial charge in [0.05, 0.1) is 0 Å². The Bertz CT molecular complexity index is 553. The van der Waals surface area contributed by atoms with Crippen molar-refractivity contribution in [2.45, 2.75) is 44.2 Å². The first-order valence-corrected chi connectivity index (χ1v) is 7.75. The minimum Gasteiger partial charge on any atom is -0.364 e. The molecule has 0 spiro atoms. The lowest BCUT2D eigenvalue weighted by Gasteiger charge is -2.47. The van der Waals surface area contributed by atoms with Crippen molar-refractivity contribution in [1.29, 1.82) is 0 Å². The van der Waals surface area contributed by atoms with Gasteiger partial charge in [0.25, 0.3) is 5.91 Å². The molecule has 6 nitrogen and oxygen atoms in total. The van der Waals surface area contributed by atoms with Crippen LogP contribution in [0.4, 0.5) is 0 Å². The van der Waals surface area contributed by atoms with Gasteiger partial charge >= 0.3 is 0 Å². The van der Waals surface area contributed by atoms with Gasteiger partial charge in [-0.1, -0.05) is 5.16 Å². The summed E-state index contributed by atoms with van der Waals surface area (Å²) in [5.41, 5.74) is 0.374. The monoisotopic (exact) mass is 289 g/mol. The number of nitrogens with zero attached hydrogens (tertiary/aromatic N) is 3. The molecule has 1 aromatic rings. The SMILES string of the molecule is O=C(c1ccon1)N1CC[C@@H]2[C@@H](CCC(=O)N2C2CC2)C1. The zero-order chi connectivity index (χ0) is 14.4. The summed E-state index contributed by atoms with van der Waals surface area (Å²) in [6, 6.07) is 2.41. The quantitative estimate of drug-likeness (QED) is 0.823. The number of likely N-dealkylation sites (tertiary alicyclic amines) is 2. The van der Waals surface area contributed by atoms with Crippen LogP contribution in [0.3, 0.4) is 0 Å². The zero-order valence-corrected chi connectivity index (χ0v) is 11.9. The normalized spacial score (nSPS) is 29.4. The second-order valence-electron chi connectivity index (χ2n) is 6.32. The van der Waals surface area contributed by atoms with Crippen LogP contribution in [0.1, 0.15) is 42.6 Å². The Kier molecular flexibility index (Phi) is 2.97. The van der Waals surface area contributed by atoms with Crippen molar-refractivity contribution in [3.8, 4) is 0 Å². The van der Waals surface area contributed by atoms with Gasteiger partial charge in [-0.05, 0) is 31.6 Å². The fourth-order valence-corrected chi connectivity index (χ4v) is 3.79. The molecule has 3 heterocycles. The molecule has 2 amide bonds. The average Bonchev–Trinajstić information content (AvgIpc) is 3.18. The van der Waals surface area contributed by atoms with Crippen LogP contribution in [0.15, 0.2) is 16.9 Å². The first-order chi connectivity index (χ1) is 10.2. The minimum atomic E-state index is -0.0583. The van der Waals surface area contributed by atoms with Crippen molar-refractivity contribution >= 4 is 11.8 Å². The van der Waals surface area contributed by atoms with Crippen LogP contribution >= 0.6 is 0 Å². The summed E-state index contributed by atoms with van der Waals surface area (Å²) >= 11 is 0. The highest BCUT2D eigenvalue weighted by molar-refractivity contribution is 5.92. The Morgan fingerprint density at radius 2 is 2.14 bits per heavy atom. The van der Waals surface area contributed by atoms with Crippen LogP contribution in [-0.4, -0.2) is 51.9 Å². The molecule has 3 aliphatic rings. The van der Waals surface area contributed by atoms with Gasteiger partial charge in [-0.25, -0.2) is 0 Å². The highest BCUT2D eigenvalue weighted by atomic mass is 16.5. The number of aromatic nitrogens is 1. The fraction of sp³-hybridized carbons (Fsp3) is 0.667. The second kappa shape index (κ2) is 4.86. The van der Waals surface area contributed by atoms with Crippen LogP contribution in [0, 0.1) is 5.92 Å². The van der Waals surface area contributed by atoms with E-state index in [1.54, 1.807) is 6.07 Å². The molecule has 0 unspecified atom stereocenters. The Hall–Kier alpha value is -1.85. The lowest BCUT2D eigenvalue weighted by atomic mass is 9.83. The van der Waals surface area contributed by atoms with Crippen molar-refractivity contribution in [3.05, 3.63) is 18.0 Å². The van der Waals surface area contributed by atoms with Gasteiger partial charge in [-0.3, -0.25) is 9.59 Å². The van der Waals surface area contributed by atoms with Crippen LogP contribution in [-0.2, 0) is 4.79 Å². The van der Waals surface area contributed by atoms with Crippen molar-refractivity contribution in [2.24, 2.45) is 5.92 Å². The van der Waals surface area contributed by atoms with Gasteiger partial charge in [0, 0.05) is 37.7 Å². The molecule has 0 bridgehead atoms. The third kappa shape index (κ3) is 2.22. The number of rotatable bonds is 2. The van der Waals surface area contributed by atoms with E-state index in [2.05, 4.69) is 10.1 Å². The van der Waals surface area contributed by atoms with Crippen molar-refractivity contribution in [1.82, 2.24) is 15.0 Å². The number of amides is 2. The standard InChI is InChI=1S/C15H19N3O3/c19-14-4-1-10-9-17(15(20)12-6-8-21-16-12)7-5-13(10)18(14)11-2-3-11/h6,8,10-11,13H,1-5,7,9H2/t10-,13+/m0/s1. The van der Waals surface area contributed by atoms with E-state index >= 15 is 0 Å². The number of fused-ring (bicyclic) bond motifs is 1. The van der Waals surface area contributed by atoms with Crippen molar-refractivity contribution in [2.75, 3.05) is 13.1 Å². The number of hydrogen-bond acceptors (Lipinski definition) is 4. The van der Waals surface area contributed by atoms with Crippen molar-refractivity contribution < 1.29 is 14.1 Å². The molecule has 21 heavy (non-hydrogen) atoms. The number of piperidine rings is 2. The highest BCUT2D eigenvalue weighted by Gasteiger charge is 2.45. The van der Waals surface area contributed by atoms with Crippen LogP contribution < -0.4 is 0 Å². The van der Waals surface area contributed by atoms with Crippen LogP contribution in [0.5, 0.6) is 0 Å². The highest BCUT2D eigenvalue weighted by Crippen LogP contribution is 2.39. The second-order valence-corrected chi connectivity index (χ2v) is 6.32. The number of carbonyl (C=O) groups is 2. The Morgan fingerprint density at radius 3 is 2.86 bits per heavy atom. The summed E-state index contributed by atoms with van der Waals surface area (Å²) in [7, 11) is 0. The molecule has 2 atom stereocenters. The van der Waals surface area contributed by atoms with Gasteiger partial charge < -0.3 is 14.3 Å². The third-order valence-corrected chi connectivity index (χ3v) is 4.95. The lowest BCUT2D eigenvalue weighted by Crippen LogP contribution is -2.57. The molecule has 6 heteroatoms. The van der Waals surface area contributed by atoms with Crippen LogP contribution in [0.25, 0.3) is 0 Å². The number of carbonyl (C=O) groups excluding carboxylic acids is 2. The third-order valence-electron chi connectivity index (χ3n) is 4.95. The summed E-state index contributed by atoms with van der Waals surface area (Å²) < 4.78 is 4.75. The fourth-order valence-electron chi connectivity index (χ4n) is 3.79. The van der Waals surface area contributed by atoms with E-state index < -0.39 is 0 Å². The van der Waals surface area contributed by atoms with Gasteiger partial charge in [0.15, 0.2) is 5.69 Å². The Balaban J connectivity index is 1.48.